The molecule has 0 spiro atoms. The molecule has 18 heavy (non-hydrogen) atoms. The zero-order valence-corrected chi connectivity index (χ0v) is 11.1. The van der Waals surface area contributed by atoms with Crippen molar-refractivity contribution in [1.82, 2.24) is 4.98 Å². The summed E-state index contributed by atoms with van der Waals surface area (Å²) >= 11 is 0. The van der Waals surface area contributed by atoms with Crippen molar-refractivity contribution < 1.29 is 5.11 Å². The minimum absolute atomic E-state index is 0.551. The normalized spacial score (nSPS) is 22.1. The number of hydrogen-bond acceptors (Lipinski definition) is 2. The Morgan fingerprint density at radius 3 is 2.78 bits per heavy atom. The van der Waals surface area contributed by atoms with E-state index in [4.69, 9.17) is 0 Å². The molecule has 2 heteroatoms. The van der Waals surface area contributed by atoms with Crippen LogP contribution in [0.5, 0.6) is 0 Å². The quantitative estimate of drug-likeness (QED) is 0.862. The molecule has 0 unspecified atom stereocenters. The van der Waals surface area contributed by atoms with Gasteiger partial charge in [-0.05, 0) is 42.0 Å². The van der Waals surface area contributed by atoms with E-state index in [1.165, 1.54) is 23.1 Å². The third kappa shape index (κ3) is 1.79. The van der Waals surface area contributed by atoms with E-state index in [1.54, 1.807) is 0 Å². The van der Waals surface area contributed by atoms with E-state index in [2.05, 4.69) is 18.0 Å². The second kappa shape index (κ2) is 4.51. The van der Waals surface area contributed by atoms with Crippen molar-refractivity contribution in [3.8, 4) is 0 Å². The maximum Gasteiger partial charge on any atom is 0.0866 e. The maximum absolute atomic E-state index is 11.0. The second-order valence-electron chi connectivity index (χ2n) is 5.58. The Bertz CT molecular complexity index is 484. The monoisotopic (exact) mass is 243 g/mol. The molecule has 1 aromatic rings. The van der Waals surface area contributed by atoms with Crippen LogP contribution in [0.4, 0.5) is 0 Å². The SMILES string of the molecule is CCC1=C(C2(O)CCCCC2)Cc2ncccc21. The molecule has 0 aromatic carbocycles. The number of hydrogen-bond donors (Lipinski definition) is 1. The highest BCUT2D eigenvalue weighted by atomic mass is 16.3. The lowest BCUT2D eigenvalue weighted by molar-refractivity contribution is 0.0384. The summed E-state index contributed by atoms with van der Waals surface area (Å²) < 4.78 is 0. The van der Waals surface area contributed by atoms with Gasteiger partial charge in [-0.2, -0.15) is 0 Å². The predicted octanol–water partition coefficient (Wildman–Crippen LogP) is 3.50. The molecule has 0 radical (unpaired) electrons. The van der Waals surface area contributed by atoms with Gasteiger partial charge in [-0.3, -0.25) is 4.98 Å². The fourth-order valence-corrected chi connectivity index (χ4v) is 3.58. The third-order valence-electron chi connectivity index (χ3n) is 4.52. The van der Waals surface area contributed by atoms with Crippen LogP contribution in [0.2, 0.25) is 0 Å². The molecule has 1 fully saturated rings. The Labute approximate surface area is 109 Å². The summed E-state index contributed by atoms with van der Waals surface area (Å²) in [6.07, 6.45) is 9.15. The van der Waals surface area contributed by atoms with E-state index in [0.29, 0.717) is 0 Å². The molecule has 0 aliphatic heterocycles. The van der Waals surface area contributed by atoms with Gasteiger partial charge >= 0.3 is 0 Å². The van der Waals surface area contributed by atoms with Crippen LogP contribution in [0.3, 0.4) is 0 Å². The van der Waals surface area contributed by atoms with Gasteiger partial charge in [0.25, 0.3) is 0 Å². The number of aromatic nitrogens is 1. The van der Waals surface area contributed by atoms with Crippen LogP contribution < -0.4 is 0 Å². The Hall–Kier alpha value is -1.15. The van der Waals surface area contributed by atoms with Gasteiger partial charge < -0.3 is 5.11 Å². The standard InChI is InChI=1S/C16H21NO/c1-2-12-13-7-6-10-17-15(13)11-14(12)16(18)8-4-3-5-9-16/h6-7,10,18H,2-5,8-9,11H2,1H3. The zero-order chi connectivity index (χ0) is 12.6. The molecular formula is C16H21NO. The van der Waals surface area contributed by atoms with E-state index >= 15 is 0 Å². The van der Waals surface area contributed by atoms with E-state index in [9.17, 15) is 5.11 Å². The van der Waals surface area contributed by atoms with E-state index in [1.807, 2.05) is 12.3 Å². The number of fused-ring (bicyclic) bond motifs is 1. The van der Waals surface area contributed by atoms with E-state index < -0.39 is 5.60 Å². The van der Waals surface area contributed by atoms with Gasteiger partial charge in [0, 0.05) is 12.6 Å². The summed E-state index contributed by atoms with van der Waals surface area (Å²) in [5.41, 5.74) is 4.49. The first-order chi connectivity index (χ1) is 8.74. The van der Waals surface area contributed by atoms with Crippen molar-refractivity contribution in [2.75, 3.05) is 0 Å². The Balaban J connectivity index is 2.02. The third-order valence-corrected chi connectivity index (χ3v) is 4.52. The summed E-state index contributed by atoms with van der Waals surface area (Å²) in [6, 6.07) is 4.16. The molecule has 0 bridgehead atoms. The first kappa shape index (κ1) is 11.9. The molecule has 2 aliphatic rings. The second-order valence-corrected chi connectivity index (χ2v) is 5.58. The molecular weight excluding hydrogens is 222 g/mol. The van der Waals surface area contributed by atoms with Gasteiger partial charge in [0.1, 0.15) is 0 Å². The zero-order valence-electron chi connectivity index (χ0n) is 11.1. The van der Waals surface area contributed by atoms with Crippen LogP contribution in [0, 0.1) is 0 Å². The summed E-state index contributed by atoms with van der Waals surface area (Å²) in [6.45, 7) is 2.18. The van der Waals surface area contributed by atoms with Gasteiger partial charge in [0.2, 0.25) is 0 Å². The summed E-state index contributed by atoms with van der Waals surface area (Å²) in [5.74, 6) is 0. The van der Waals surface area contributed by atoms with Crippen molar-refractivity contribution in [3.63, 3.8) is 0 Å². The summed E-state index contributed by atoms with van der Waals surface area (Å²) in [4.78, 5) is 4.48. The van der Waals surface area contributed by atoms with Crippen LogP contribution in [-0.4, -0.2) is 15.7 Å². The predicted molar refractivity (Wildman–Crippen MR) is 73.2 cm³/mol. The number of allylic oxidation sites excluding steroid dienone is 1. The molecule has 3 rings (SSSR count). The maximum atomic E-state index is 11.0. The molecule has 1 saturated carbocycles. The van der Waals surface area contributed by atoms with E-state index in [0.717, 1.165) is 44.2 Å². The summed E-state index contributed by atoms with van der Waals surface area (Å²) in [7, 11) is 0. The molecule has 1 N–H and O–H groups in total. The highest BCUT2D eigenvalue weighted by Gasteiger charge is 2.38. The minimum Gasteiger partial charge on any atom is -0.385 e. The lowest BCUT2D eigenvalue weighted by atomic mass is 9.77. The lowest BCUT2D eigenvalue weighted by Crippen LogP contribution is -2.34. The van der Waals surface area contributed by atoms with Crippen molar-refractivity contribution >= 4 is 5.57 Å². The number of aliphatic hydroxyl groups is 1. The van der Waals surface area contributed by atoms with Gasteiger partial charge in [-0.25, -0.2) is 0 Å². The molecule has 0 saturated heterocycles. The van der Waals surface area contributed by atoms with Crippen LogP contribution in [0.1, 0.15) is 56.7 Å². The molecule has 96 valence electrons. The smallest absolute Gasteiger partial charge is 0.0866 e. The van der Waals surface area contributed by atoms with Crippen LogP contribution in [0.25, 0.3) is 5.57 Å². The van der Waals surface area contributed by atoms with Gasteiger partial charge in [-0.1, -0.05) is 32.3 Å². The molecule has 2 aliphatic carbocycles. The highest BCUT2D eigenvalue weighted by molar-refractivity contribution is 5.76. The average Bonchev–Trinajstić information content (AvgIpc) is 2.79. The van der Waals surface area contributed by atoms with Crippen molar-refractivity contribution in [2.24, 2.45) is 0 Å². The van der Waals surface area contributed by atoms with Crippen molar-refractivity contribution in [2.45, 2.75) is 57.5 Å². The number of pyridine rings is 1. The molecule has 1 heterocycles. The fourth-order valence-electron chi connectivity index (χ4n) is 3.58. The first-order valence-corrected chi connectivity index (χ1v) is 7.14. The molecule has 1 aromatic heterocycles. The molecule has 0 atom stereocenters. The number of nitrogens with zero attached hydrogens (tertiary/aromatic N) is 1. The summed E-state index contributed by atoms with van der Waals surface area (Å²) in [5, 5.41) is 11.0. The van der Waals surface area contributed by atoms with Gasteiger partial charge in [0.15, 0.2) is 0 Å². The van der Waals surface area contributed by atoms with Crippen LogP contribution in [-0.2, 0) is 6.42 Å². The van der Waals surface area contributed by atoms with Crippen LogP contribution in [0.15, 0.2) is 23.9 Å². The van der Waals surface area contributed by atoms with Crippen molar-refractivity contribution in [3.05, 3.63) is 35.2 Å². The Kier molecular flexibility index (Phi) is 2.98. The van der Waals surface area contributed by atoms with Crippen LogP contribution >= 0.6 is 0 Å². The molecule has 0 amide bonds. The fraction of sp³-hybridized carbons (Fsp3) is 0.562. The lowest BCUT2D eigenvalue weighted by Gasteiger charge is -2.34. The van der Waals surface area contributed by atoms with Gasteiger partial charge in [-0.15, -0.1) is 0 Å². The Morgan fingerprint density at radius 1 is 1.28 bits per heavy atom. The highest BCUT2D eigenvalue weighted by Crippen LogP contribution is 2.44. The first-order valence-electron chi connectivity index (χ1n) is 7.14. The average molecular weight is 243 g/mol. The number of rotatable bonds is 2. The molecule has 2 nitrogen and oxygen atoms in total. The van der Waals surface area contributed by atoms with Crippen molar-refractivity contribution in [1.29, 1.82) is 0 Å². The van der Waals surface area contributed by atoms with Gasteiger partial charge in [0.05, 0.1) is 11.3 Å². The topological polar surface area (TPSA) is 33.1 Å². The largest absolute Gasteiger partial charge is 0.385 e. The minimum atomic E-state index is -0.551. The van der Waals surface area contributed by atoms with E-state index in [-0.39, 0.29) is 0 Å². The Morgan fingerprint density at radius 2 is 2.06 bits per heavy atom.